The van der Waals surface area contributed by atoms with Gasteiger partial charge in [-0.15, -0.1) is 0 Å². The maximum Gasteiger partial charge on any atom is 0.335 e. The SMILES string of the molecule is CCCN(CCC)C(C)C[Si](C)(OC)OC. The summed E-state index contributed by atoms with van der Waals surface area (Å²) in [4.78, 5) is 2.54. The van der Waals surface area contributed by atoms with Crippen molar-refractivity contribution >= 4 is 8.56 Å². The highest BCUT2D eigenvalue weighted by atomic mass is 28.4. The largest absolute Gasteiger partial charge is 0.398 e. The summed E-state index contributed by atoms with van der Waals surface area (Å²) in [6.07, 6.45) is 2.42. The van der Waals surface area contributed by atoms with Crippen LogP contribution in [0, 0.1) is 0 Å². The average molecular weight is 247 g/mol. The van der Waals surface area contributed by atoms with Crippen molar-refractivity contribution in [1.82, 2.24) is 4.90 Å². The Morgan fingerprint density at radius 3 is 1.81 bits per heavy atom. The lowest BCUT2D eigenvalue weighted by molar-refractivity contribution is 0.192. The van der Waals surface area contributed by atoms with E-state index in [0.717, 1.165) is 6.04 Å². The molecule has 0 aromatic rings. The fourth-order valence-corrected chi connectivity index (χ4v) is 3.87. The summed E-state index contributed by atoms with van der Waals surface area (Å²) < 4.78 is 11.1. The molecule has 3 nitrogen and oxygen atoms in total. The molecule has 0 aromatic heterocycles. The van der Waals surface area contributed by atoms with Crippen molar-refractivity contribution in [2.75, 3.05) is 27.3 Å². The molecule has 1 atom stereocenters. The third-order valence-corrected chi connectivity index (χ3v) is 6.23. The van der Waals surface area contributed by atoms with Gasteiger partial charge in [0.05, 0.1) is 0 Å². The first kappa shape index (κ1) is 16.1. The van der Waals surface area contributed by atoms with E-state index in [1.807, 2.05) is 0 Å². The molecule has 0 saturated carbocycles. The van der Waals surface area contributed by atoms with E-state index < -0.39 is 8.56 Å². The zero-order valence-corrected chi connectivity index (χ0v) is 12.9. The summed E-state index contributed by atoms with van der Waals surface area (Å²) in [5, 5.41) is 0. The van der Waals surface area contributed by atoms with E-state index in [1.165, 1.54) is 25.9 Å². The third-order valence-electron chi connectivity index (χ3n) is 3.17. The second-order valence-electron chi connectivity index (χ2n) is 4.63. The first-order chi connectivity index (χ1) is 7.52. The van der Waals surface area contributed by atoms with Gasteiger partial charge in [-0.3, -0.25) is 0 Å². The second-order valence-corrected chi connectivity index (χ2v) is 8.12. The molecule has 0 aliphatic heterocycles. The third kappa shape index (κ3) is 5.43. The van der Waals surface area contributed by atoms with Gasteiger partial charge in [-0.25, -0.2) is 0 Å². The van der Waals surface area contributed by atoms with Crippen molar-refractivity contribution in [2.24, 2.45) is 0 Å². The lowest BCUT2D eigenvalue weighted by Crippen LogP contribution is -2.45. The Hall–Kier alpha value is 0.0969. The smallest absolute Gasteiger partial charge is 0.335 e. The van der Waals surface area contributed by atoms with E-state index in [0.29, 0.717) is 6.04 Å². The Kier molecular flexibility index (Phi) is 8.28. The maximum absolute atomic E-state index is 5.55. The number of nitrogens with zero attached hydrogens (tertiary/aromatic N) is 1. The first-order valence-electron chi connectivity index (χ1n) is 6.37. The van der Waals surface area contributed by atoms with Gasteiger partial charge in [0, 0.05) is 26.3 Å². The minimum absolute atomic E-state index is 0.552. The summed E-state index contributed by atoms with van der Waals surface area (Å²) in [6, 6.07) is 1.59. The van der Waals surface area contributed by atoms with E-state index in [9.17, 15) is 0 Å². The van der Waals surface area contributed by atoms with Gasteiger partial charge in [0.2, 0.25) is 0 Å². The fraction of sp³-hybridized carbons (Fsp3) is 1.00. The van der Waals surface area contributed by atoms with Crippen molar-refractivity contribution in [1.29, 1.82) is 0 Å². The van der Waals surface area contributed by atoms with E-state index in [4.69, 9.17) is 8.85 Å². The molecule has 0 N–H and O–H groups in total. The van der Waals surface area contributed by atoms with Crippen LogP contribution in [-0.4, -0.2) is 46.8 Å². The van der Waals surface area contributed by atoms with E-state index in [-0.39, 0.29) is 0 Å². The van der Waals surface area contributed by atoms with Gasteiger partial charge < -0.3 is 13.8 Å². The Morgan fingerprint density at radius 1 is 1.06 bits per heavy atom. The van der Waals surface area contributed by atoms with Gasteiger partial charge >= 0.3 is 8.56 Å². The minimum Gasteiger partial charge on any atom is -0.398 e. The molecule has 0 saturated heterocycles. The molecule has 0 spiro atoms. The number of hydrogen-bond acceptors (Lipinski definition) is 3. The molecule has 1 unspecified atom stereocenters. The van der Waals surface area contributed by atoms with Crippen molar-refractivity contribution < 1.29 is 8.85 Å². The van der Waals surface area contributed by atoms with Crippen LogP contribution in [0.4, 0.5) is 0 Å². The van der Waals surface area contributed by atoms with Crippen LogP contribution in [0.25, 0.3) is 0 Å². The molecule has 0 aliphatic carbocycles. The van der Waals surface area contributed by atoms with Crippen LogP contribution in [0.5, 0.6) is 0 Å². The molecule has 4 heteroatoms. The highest BCUT2D eigenvalue weighted by molar-refractivity contribution is 6.66. The van der Waals surface area contributed by atoms with Crippen molar-refractivity contribution in [3.8, 4) is 0 Å². The summed E-state index contributed by atoms with van der Waals surface area (Å²) in [6.45, 7) is 11.2. The highest BCUT2D eigenvalue weighted by Crippen LogP contribution is 2.18. The van der Waals surface area contributed by atoms with Crippen LogP contribution >= 0.6 is 0 Å². The topological polar surface area (TPSA) is 21.7 Å². The average Bonchev–Trinajstić information content (AvgIpc) is 2.28. The van der Waals surface area contributed by atoms with Crippen LogP contribution < -0.4 is 0 Å². The van der Waals surface area contributed by atoms with E-state index >= 15 is 0 Å². The molecule has 98 valence electrons. The molecule has 16 heavy (non-hydrogen) atoms. The molecule has 0 fully saturated rings. The minimum atomic E-state index is -1.92. The number of rotatable bonds is 9. The molecular formula is C12H29NO2Si. The molecule has 0 aromatic carbocycles. The first-order valence-corrected chi connectivity index (χ1v) is 8.89. The zero-order chi connectivity index (χ0) is 12.6. The van der Waals surface area contributed by atoms with E-state index in [1.54, 1.807) is 14.2 Å². The molecule has 0 heterocycles. The Bertz CT molecular complexity index is 168. The lowest BCUT2D eigenvalue weighted by Gasteiger charge is -2.33. The van der Waals surface area contributed by atoms with Gasteiger partial charge in [0.1, 0.15) is 0 Å². The fourth-order valence-electron chi connectivity index (χ4n) is 2.04. The molecule has 0 rings (SSSR count). The Balaban J connectivity index is 4.31. The normalized spacial score (nSPS) is 14.4. The second kappa shape index (κ2) is 8.23. The summed E-state index contributed by atoms with van der Waals surface area (Å²) in [7, 11) is 1.62. The van der Waals surface area contributed by atoms with Crippen LogP contribution in [0.15, 0.2) is 0 Å². The van der Waals surface area contributed by atoms with E-state index in [2.05, 4.69) is 32.2 Å². The van der Waals surface area contributed by atoms with Crippen molar-refractivity contribution in [3.63, 3.8) is 0 Å². The number of hydrogen-bond donors (Lipinski definition) is 0. The van der Waals surface area contributed by atoms with Crippen LogP contribution in [-0.2, 0) is 8.85 Å². The molecular weight excluding hydrogens is 218 g/mol. The zero-order valence-electron chi connectivity index (χ0n) is 11.9. The van der Waals surface area contributed by atoms with Gasteiger partial charge in [0.25, 0.3) is 0 Å². The summed E-state index contributed by atoms with van der Waals surface area (Å²) in [5.41, 5.74) is 0. The van der Waals surface area contributed by atoms with Gasteiger partial charge in [-0.1, -0.05) is 13.8 Å². The molecule has 0 radical (unpaired) electrons. The monoisotopic (exact) mass is 247 g/mol. The van der Waals surface area contributed by atoms with Gasteiger partial charge in [-0.05, 0) is 39.4 Å². The van der Waals surface area contributed by atoms with Crippen molar-refractivity contribution in [2.45, 2.75) is 52.2 Å². The van der Waals surface area contributed by atoms with Crippen LogP contribution in [0.2, 0.25) is 12.6 Å². The summed E-state index contributed by atoms with van der Waals surface area (Å²) >= 11 is 0. The quantitative estimate of drug-likeness (QED) is 0.585. The molecule has 0 aliphatic rings. The Labute approximate surface area is 102 Å². The van der Waals surface area contributed by atoms with Crippen LogP contribution in [0.1, 0.15) is 33.6 Å². The predicted molar refractivity (Wildman–Crippen MR) is 72.1 cm³/mol. The van der Waals surface area contributed by atoms with Crippen LogP contribution in [0.3, 0.4) is 0 Å². The maximum atomic E-state index is 5.55. The molecule has 0 bridgehead atoms. The highest BCUT2D eigenvalue weighted by Gasteiger charge is 2.32. The molecule has 0 amide bonds. The predicted octanol–water partition coefficient (Wildman–Crippen LogP) is 2.86. The summed E-state index contributed by atoms with van der Waals surface area (Å²) in [5.74, 6) is 0. The standard InChI is InChI=1S/C12H29NO2Si/c1-7-9-13(10-8-2)12(3)11-16(6,14-4)15-5/h12H,7-11H2,1-6H3. The van der Waals surface area contributed by atoms with Gasteiger partial charge in [0.15, 0.2) is 0 Å². The van der Waals surface area contributed by atoms with Crippen molar-refractivity contribution in [3.05, 3.63) is 0 Å². The van der Waals surface area contributed by atoms with Gasteiger partial charge in [-0.2, -0.15) is 0 Å². The Morgan fingerprint density at radius 2 is 1.50 bits per heavy atom. The lowest BCUT2D eigenvalue weighted by atomic mass is 10.2.